The highest BCUT2D eigenvalue weighted by Gasteiger charge is 2.41. The van der Waals surface area contributed by atoms with Crippen LogP contribution >= 0.6 is 0 Å². The Morgan fingerprint density at radius 1 is 0.481 bits per heavy atom. The van der Waals surface area contributed by atoms with Gasteiger partial charge in [-0.05, 0) is 97.6 Å². The molecule has 8 aromatic carbocycles. The molecule has 246 valence electrons. The van der Waals surface area contributed by atoms with E-state index >= 15 is 0 Å². The van der Waals surface area contributed by atoms with E-state index < -0.39 is 0 Å². The Labute approximate surface area is 306 Å². The highest BCUT2D eigenvalue weighted by Crippen LogP contribution is 2.52. The molecule has 8 aromatic rings. The van der Waals surface area contributed by atoms with Crippen molar-refractivity contribution in [3.63, 3.8) is 0 Å². The predicted molar refractivity (Wildman–Crippen MR) is 223 cm³/mol. The van der Waals surface area contributed by atoms with Crippen LogP contribution < -0.4 is 21.1 Å². The van der Waals surface area contributed by atoms with Crippen molar-refractivity contribution in [2.45, 2.75) is 19.3 Å². The smallest absolute Gasteiger partial charge is 0.198 e. The van der Waals surface area contributed by atoms with E-state index in [0.717, 1.165) is 18.7 Å². The second kappa shape index (κ2) is 11.9. The number of rotatable bonds is 5. The fraction of sp³-hybridized carbons (Fsp3) is 0.0612. The molecule has 3 heteroatoms. The van der Waals surface area contributed by atoms with Gasteiger partial charge in [-0.3, -0.25) is 0 Å². The third-order valence-corrected chi connectivity index (χ3v) is 11.2. The average Bonchev–Trinajstić information content (AvgIpc) is 3.20. The van der Waals surface area contributed by atoms with Crippen LogP contribution in [0.15, 0.2) is 176 Å². The van der Waals surface area contributed by atoms with Crippen LogP contribution in [0.1, 0.15) is 25.0 Å². The van der Waals surface area contributed by atoms with Crippen LogP contribution in [0.3, 0.4) is 0 Å². The van der Waals surface area contributed by atoms with E-state index in [2.05, 4.69) is 200 Å². The molecule has 2 aliphatic heterocycles. The summed E-state index contributed by atoms with van der Waals surface area (Å²) in [5, 5.41) is 6.32. The van der Waals surface area contributed by atoms with Crippen molar-refractivity contribution >= 4 is 57.4 Å². The predicted octanol–water partition coefficient (Wildman–Crippen LogP) is 11.4. The molecule has 2 heterocycles. The standard InChI is InChI=1S/C49H37BN2/c1-49(2)41-20-11-12-23-45(41)52-46-31-37(33-16-7-4-8-17-33)29-40(47(46)50-43-22-13-21-42(49)48(43)52)39-28-35-18-9-10-19-36(35)30-44(39)51-38-26-24-34(25-27-38)32-14-5-3-6-15-32/h3-31,50-51H,1-2H3. The summed E-state index contributed by atoms with van der Waals surface area (Å²) in [5.41, 5.74) is 18.7. The van der Waals surface area contributed by atoms with Gasteiger partial charge in [0.05, 0.1) is 5.69 Å². The third-order valence-electron chi connectivity index (χ3n) is 11.2. The van der Waals surface area contributed by atoms with Gasteiger partial charge in [0.25, 0.3) is 0 Å². The lowest BCUT2D eigenvalue weighted by Gasteiger charge is -2.46. The van der Waals surface area contributed by atoms with E-state index in [4.69, 9.17) is 0 Å². The van der Waals surface area contributed by atoms with E-state index in [1.807, 2.05) is 0 Å². The number of hydrogen-bond donors (Lipinski definition) is 1. The number of benzene rings is 8. The molecule has 0 fully saturated rings. The van der Waals surface area contributed by atoms with E-state index in [-0.39, 0.29) is 5.41 Å². The van der Waals surface area contributed by atoms with Crippen molar-refractivity contribution < 1.29 is 0 Å². The maximum absolute atomic E-state index is 3.89. The molecule has 0 unspecified atom stereocenters. The third kappa shape index (κ3) is 4.88. The Morgan fingerprint density at radius 3 is 1.85 bits per heavy atom. The van der Waals surface area contributed by atoms with Gasteiger partial charge in [0, 0.05) is 33.7 Å². The van der Waals surface area contributed by atoms with Gasteiger partial charge in [0.2, 0.25) is 0 Å². The molecule has 0 saturated carbocycles. The average molecular weight is 665 g/mol. The van der Waals surface area contributed by atoms with Gasteiger partial charge >= 0.3 is 0 Å². The van der Waals surface area contributed by atoms with Crippen LogP contribution in [0.4, 0.5) is 28.4 Å². The summed E-state index contributed by atoms with van der Waals surface area (Å²) < 4.78 is 0. The summed E-state index contributed by atoms with van der Waals surface area (Å²) in [5.74, 6) is 0. The number of hydrogen-bond acceptors (Lipinski definition) is 2. The molecule has 0 amide bonds. The fourth-order valence-electron chi connectivity index (χ4n) is 8.58. The summed E-state index contributed by atoms with van der Waals surface area (Å²) in [6, 6.07) is 64.4. The molecule has 0 saturated heterocycles. The molecule has 2 nitrogen and oxygen atoms in total. The Hall–Kier alpha value is -6.32. The molecule has 10 rings (SSSR count). The zero-order chi connectivity index (χ0) is 34.8. The van der Waals surface area contributed by atoms with Gasteiger partial charge in [-0.2, -0.15) is 0 Å². The van der Waals surface area contributed by atoms with Gasteiger partial charge in [0.15, 0.2) is 7.28 Å². The summed E-state index contributed by atoms with van der Waals surface area (Å²) in [7, 11) is 0.857. The Morgan fingerprint density at radius 2 is 1.10 bits per heavy atom. The normalized spacial score (nSPS) is 13.5. The molecule has 0 bridgehead atoms. The maximum Gasteiger partial charge on any atom is 0.198 e. The van der Waals surface area contributed by atoms with Crippen LogP contribution in [-0.2, 0) is 5.41 Å². The first-order valence-electron chi connectivity index (χ1n) is 18.2. The molecule has 52 heavy (non-hydrogen) atoms. The van der Waals surface area contributed by atoms with Crippen LogP contribution in [0.25, 0.3) is 44.2 Å². The lowest BCUT2D eigenvalue weighted by Crippen LogP contribution is -2.45. The van der Waals surface area contributed by atoms with Crippen LogP contribution in [0.5, 0.6) is 0 Å². The number of fused-ring (bicyclic) bond motifs is 5. The highest BCUT2D eigenvalue weighted by atomic mass is 15.2. The summed E-state index contributed by atoms with van der Waals surface area (Å²) in [6.07, 6.45) is 0. The van der Waals surface area contributed by atoms with Crippen LogP contribution in [-0.4, -0.2) is 7.28 Å². The Kier molecular flexibility index (Phi) is 6.98. The van der Waals surface area contributed by atoms with Gasteiger partial charge in [-0.15, -0.1) is 0 Å². The lowest BCUT2D eigenvalue weighted by atomic mass is 9.55. The quantitative estimate of drug-likeness (QED) is 0.184. The van der Waals surface area contributed by atoms with E-state index in [0.29, 0.717) is 0 Å². The fourth-order valence-corrected chi connectivity index (χ4v) is 8.58. The first kappa shape index (κ1) is 30.5. The zero-order valence-electron chi connectivity index (χ0n) is 29.4. The van der Waals surface area contributed by atoms with E-state index in [1.165, 1.54) is 83.3 Å². The SMILES string of the molecule is CC1(C)c2ccccc2N2c3cc(-c4ccccc4)cc(-c4cc5ccccc5cc4Nc4ccc(-c5ccccc5)cc4)c3Bc3cccc1c32. The van der Waals surface area contributed by atoms with Gasteiger partial charge in [0.1, 0.15) is 0 Å². The summed E-state index contributed by atoms with van der Waals surface area (Å²) in [4.78, 5) is 2.57. The molecular formula is C49H37BN2. The van der Waals surface area contributed by atoms with Crippen LogP contribution in [0, 0.1) is 0 Å². The second-order valence-electron chi connectivity index (χ2n) is 14.7. The topological polar surface area (TPSA) is 15.3 Å². The first-order chi connectivity index (χ1) is 25.5. The molecule has 0 atom stereocenters. The van der Waals surface area contributed by atoms with Crippen LogP contribution in [0.2, 0.25) is 0 Å². The lowest BCUT2D eigenvalue weighted by molar-refractivity contribution is 0.632. The molecule has 0 radical (unpaired) electrons. The van der Waals surface area contributed by atoms with Crippen molar-refractivity contribution in [3.8, 4) is 33.4 Å². The number of nitrogens with zero attached hydrogens (tertiary/aromatic N) is 1. The number of nitrogens with one attached hydrogen (secondary N) is 1. The van der Waals surface area contributed by atoms with E-state index in [1.54, 1.807) is 0 Å². The molecule has 0 aliphatic carbocycles. The number of anilines is 5. The van der Waals surface area contributed by atoms with Gasteiger partial charge < -0.3 is 10.2 Å². The first-order valence-corrected chi connectivity index (χ1v) is 18.2. The second-order valence-corrected chi connectivity index (χ2v) is 14.7. The van der Waals surface area contributed by atoms with E-state index in [9.17, 15) is 0 Å². The number of para-hydroxylation sites is 2. The van der Waals surface area contributed by atoms with Crippen molar-refractivity contribution in [2.75, 3.05) is 10.2 Å². The largest absolute Gasteiger partial charge is 0.355 e. The van der Waals surface area contributed by atoms with Gasteiger partial charge in [-0.25, -0.2) is 0 Å². The molecule has 2 aliphatic rings. The minimum Gasteiger partial charge on any atom is -0.355 e. The molecule has 0 aromatic heterocycles. The minimum absolute atomic E-state index is 0.110. The molecular weight excluding hydrogens is 627 g/mol. The van der Waals surface area contributed by atoms with Crippen molar-refractivity contribution in [3.05, 3.63) is 187 Å². The molecule has 1 N–H and O–H groups in total. The maximum atomic E-state index is 3.89. The van der Waals surface area contributed by atoms with Crippen molar-refractivity contribution in [1.29, 1.82) is 0 Å². The van der Waals surface area contributed by atoms with Crippen molar-refractivity contribution in [2.24, 2.45) is 0 Å². The van der Waals surface area contributed by atoms with Gasteiger partial charge in [-0.1, -0.05) is 153 Å². The molecule has 0 spiro atoms. The Bertz CT molecular complexity index is 2640. The van der Waals surface area contributed by atoms with Crippen molar-refractivity contribution in [1.82, 2.24) is 0 Å². The minimum atomic E-state index is -0.110. The summed E-state index contributed by atoms with van der Waals surface area (Å²) in [6.45, 7) is 4.75. The monoisotopic (exact) mass is 664 g/mol. The zero-order valence-corrected chi connectivity index (χ0v) is 29.4. The summed E-state index contributed by atoms with van der Waals surface area (Å²) >= 11 is 0. The Balaban J connectivity index is 1.21. The highest BCUT2D eigenvalue weighted by molar-refractivity contribution is 6.73.